The van der Waals surface area contributed by atoms with Crippen LogP contribution in [0.5, 0.6) is 0 Å². The summed E-state index contributed by atoms with van der Waals surface area (Å²) in [4.78, 5) is 4.51. The predicted octanol–water partition coefficient (Wildman–Crippen LogP) is 4.13. The highest BCUT2D eigenvalue weighted by Gasteiger charge is 2.16. The van der Waals surface area contributed by atoms with E-state index in [4.69, 9.17) is 0 Å². The summed E-state index contributed by atoms with van der Waals surface area (Å²) in [5.41, 5.74) is 2.74. The van der Waals surface area contributed by atoms with Gasteiger partial charge in [0.15, 0.2) is 0 Å². The largest absolute Gasteiger partial charge is 0.312 e. The summed E-state index contributed by atoms with van der Waals surface area (Å²) in [6, 6.07) is 5.70. The van der Waals surface area contributed by atoms with Crippen molar-refractivity contribution in [1.29, 1.82) is 0 Å². The van der Waals surface area contributed by atoms with Crippen molar-refractivity contribution in [3.8, 4) is 0 Å². The van der Waals surface area contributed by atoms with Crippen LogP contribution in [-0.2, 0) is 13.0 Å². The average Bonchev–Trinajstić information content (AvgIpc) is 2.42. The van der Waals surface area contributed by atoms with Gasteiger partial charge in [-0.05, 0) is 62.2 Å². The molecule has 0 radical (unpaired) electrons. The predicted molar refractivity (Wildman–Crippen MR) is 84.9 cm³/mol. The topological polar surface area (TPSA) is 24.9 Å². The lowest BCUT2D eigenvalue weighted by atomic mass is 9.85. The van der Waals surface area contributed by atoms with Crippen LogP contribution in [0.4, 0.5) is 4.39 Å². The minimum Gasteiger partial charge on any atom is -0.312 e. The number of benzene rings is 1. The zero-order chi connectivity index (χ0) is 14.8. The first-order valence-corrected chi connectivity index (χ1v) is 7.96. The second kappa shape index (κ2) is 6.10. The van der Waals surface area contributed by atoms with Crippen molar-refractivity contribution in [1.82, 2.24) is 10.3 Å². The van der Waals surface area contributed by atoms with Crippen LogP contribution >= 0.6 is 0 Å². The summed E-state index contributed by atoms with van der Waals surface area (Å²) in [5.74, 6) is 0.671. The van der Waals surface area contributed by atoms with Crippen LogP contribution in [-0.4, -0.2) is 11.5 Å². The molecule has 1 saturated carbocycles. The Bertz CT molecular complexity index is 647. The number of aryl methyl sites for hydroxylation is 2. The molecule has 0 unspecified atom stereocenters. The Morgan fingerprint density at radius 1 is 1.29 bits per heavy atom. The molecule has 2 aromatic rings. The molecule has 3 rings (SSSR count). The highest BCUT2D eigenvalue weighted by molar-refractivity contribution is 5.85. The molecule has 1 N–H and O–H groups in total. The van der Waals surface area contributed by atoms with Gasteiger partial charge in [0.1, 0.15) is 5.82 Å². The van der Waals surface area contributed by atoms with E-state index in [0.717, 1.165) is 46.6 Å². The molecular formula is C18H23FN2. The van der Waals surface area contributed by atoms with Crippen LogP contribution in [0.3, 0.4) is 0 Å². The van der Waals surface area contributed by atoms with Gasteiger partial charge in [-0.15, -0.1) is 0 Å². The minimum absolute atomic E-state index is 0.127. The molecule has 2 nitrogen and oxygen atoms in total. The van der Waals surface area contributed by atoms with Crippen molar-refractivity contribution in [3.63, 3.8) is 0 Å². The summed E-state index contributed by atoms with van der Waals surface area (Å²) in [7, 11) is 0. The number of halogens is 1. The van der Waals surface area contributed by atoms with E-state index >= 15 is 0 Å². The molecule has 0 aliphatic heterocycles. The van der Waals surface area contributed by atoms with Gasteiger partial charge in [0.25, 0.3) is 0 Å². The summed E-state index contributed by atoms with van der Waals surface area (Å²) >= 11 is 0. The Labute approximate surface area is 125 Å². The first-order chi connectivity index (χ1) is 10.2. The normalized spacial score (nSPS) is 15.4. The average molecular weight is 286 g/mol. The van der Waals surface area contributed by atoms with Crippen LogP contribution in [0.2, 0.25) is 0 Å². The Morgan fingerprint density at radius 2 is 2.10 bits per heavy atom. The van der Waals surface area contributed by atoms with E-state index in [1.807, 2.05) is 13.0 Å². The second-order valence-electron chi connectivity index (χ2n) is 6.15. The van der Waals surface area contributed by atoms with Crippen LogP contribution in [0, 0.1) is 18.7 Å². The molecule has 0 atom stereocenters. The van der Waals surface area contributed by atoms with Gasteiger partial charge < -0.3 is 5.32 Å². The van der Waals surface area contributed by atoms with Gasteiger partial charge in [-0.1, -0.05) is 13.3 Å². The van der Waals surface area contributed by atoms with E-state index in [0.29, 0.717) is 6.54 Å². The highest BCUT2D eigenvalue weighted by Crippen LogP contribution is 2.26. The standard InChI is InChI=1S/C18H23FN2/c1-3-16-8-14-7-15(11-20-10-13-5-4-6-13)18(19)9-17(14)12(2)21-16/h7-9,13,20H,3-6,10-11H2,1-2H3. The molecule has 1 aromatic heterocycles. The van der Waals surface area contributed by atoms with Crippen LogP contribution in [0.25, 0.3) is 10.8 Å². The third kappa shape index (κ3) is 3.08. The van der Waals surface area contributed by atoms with Crippen molar-refractivity contribution in [2.45, 2.75) is 46.1 Å². The monoisotopic (exact) mass is 286 g/mol. The van der Waals surface area contributed by atoms with E-state index in [1.165, 1.54) is 19.3 Å². The van der Waals surface area contributed by atoms with E-state index in [9.17, 15) is 4.39 Å². The lowest BCUT2D eigenvalue weighted by molar-refractivity contribution is 0.301. The van der Waals surface area contributed by atoms with Gasteiger partial charge in [0.2, 0.25) is 0 Å². The summed E-state index contributed by atoms with van der Waals surface area (Å²) < 4.78 is 14.2. The number of fused-ring (bicyclic) bond motifs is 1. The van der Waals surface area contributed by atoms with E-state index in [1.54, 1.807) is 6.07 Å². The minimum atomic E-state index is -0.127. The van der Waals surface area contributed by atoms with Gasteiger partial charge >= 0.3 is 0 Å². The number of hydrogen-bond acceptors (Lipinski definition) is 2. The maximum Gasteiger partial charge on any atom is 0.128 e. The first kappa shape index (κ1) is 14.5. The van der Waals surface area contributed by atoms with Crippen molar-refractivity contribution < 1.29 is 4.39 Å². The van der Waals surface area contributed by atoms with Gasteiger partial charge in [-0.25, -0.2) is 4.39 Å². The van der Waals surface area contributed by atoms with Crippen LogP contribution < -0.4 is 5.32 Å². The fourth-order valence-corrected chi connectivity index (χ4v) is 2.98. The summed E-state index contributed by atoms with van der Waals surface area (Å²) in [6.07, 6.45) is 4.89. The molecular weight excluding hydrogens is 263 g/mol. The second-order valence-corrected chi connectivity index (χ2v) is 6.15. The molecule has 21 heavy (non-hydrogen) atoms. The Balaban J connectivity index is 1.82. The van der Waals surface area contributed by atoms with E-state index < -0.39 is 0 Å². The van der Waals surface area contributed by atoms with Gasteiger partial charge in [0.05, 0.1) is 0 Å². The molecule has 0 spiro atoms. The molecule has 0 bridgehead atoms. The third-order valence-electron chi connectivity index (χ3n) is 4.58. The molecule has 1 fully saturated rings. The van der Waals surface area contributed by atoms with Crippen molar-refractivity contribution in [3.05, 3.63) is 41.0 Å². The van der Waals surface area contributed by atoms with Gasteiger partial charge in [-0.2, -0.15) is 0 Å². The number of aromatic nitrogens is 1. The maximum atomic E-state index is 14.2. The molecule has 1 aromatic carbocycles. The Morgan fingerprint density at radius 3 is 2.76 bits per heavy atom. The quantitative estimate of drug-likeness (QED) is 0.893. The lowest BCUT2D eigenvalue weighted by Gasteiger charge is -2.25. The van der Waals surface area contributed by atoms with E-state index in [2.05, 4.69) is 23.3 Å². The summed E-state index contributed by atoms with van der Waals surface area (Å²) in [6.45, 7) is 5.67. The van der Waals surface area contributed by atoms with Crippen molar-refractivity contribution >= 4 is 10.8 Å². The zero-order valence-corrected chi connectivity index (χ0v) is 12.9. The fraction of sp³-hybridized carbons (Fsp3) is 0.500. The molecule has 0 saturated heterocycles. The molecule has 1 heterocycles. The van der Waals surface area contributed by atoms with Crippen LogP contribution in [0.15, 0.2) is 18.2 Å². The smallest absolute Gasteiger partial charge is 0.128 e. The zero-order valence-electron chi connectivity index (χ0n) is 12.9. The molecule has 0 amide bonds. The van der Waals surface area contributed by atoms with E-state index in [-0.39, 0.29) is 5.82 Å². The fourth-order valence-electron chi connectivity index (χ4n) is 2.98. The maximum absolute atomic E-state index is 14.2. The first-order valence-electron chi connectivity index (χ1n) is 7.96. The number of hydrogen-bond donors (Lipinski definition) is 1. The number of pyridine rings is 1. The Hall–Kier alpha value is -1.48. The molecule has 1 aliphatic carbocycles. The van der Waals surface area contributed by atoms with Gasteiger partial charge in [0, 0.05) is 28.9 Å². The summed E-state index contributed by atoms with van der Waals surface area (Å²) in [5, 5.41) is 5.42. The van der Waals surface area contributed by atoms with Crippen LogP contribution in [0.1, 0.15) is 43.1 Å². The number of nitrogens with zero attached hydrogens (tertiary/aromatic N) is 1. The number of nitrogens with one attached hydrogen (secondary N) is 1. The number of rotatable bonds is 5. The van der Waals surface area contributed by atoms with Gasteiger partial charge in [-0.3, -0.25) is 4.98 Å². The third-order valence-corrected chi connectivity index (χ3v) is 4.58. The highest BCUT2D eigenvalue weighted by atomic mass is 19.1. The molecule has 1 aliphatic rings. The molecule has 3 heteroatoms. The molecule has 112 valence electrons. The van der Waals surface area contributed by atoms with Crippen molar-refractivity contribution in [2.75, 3.05) is 6.54 Å². The Kier molecular flexibility index (Phi) is 4.20. The van der Waals surface area contributed by atoms with Crippen molar-refractivity contribution in [2.24, 2.45) is 5.92 Å². The SMILES string of the molecule is CCc1cc2cc(CNCC3CCC3)c(F)cc2c(C)n1. The lowest BCUT2D eigenvalue weighted by Crippen LogP contribution is -2.27.